The van der Waals surface area contributed by atoms with Crippen molar-refractivity contribution >= 4 is 0 Å². The van der Waals surface area contributed by atoms with Gasteiger partial charge >= 0.3 is 0 Å². The molecule has 4 heteroatoms. The van der Waals surface area contributed by atoms with E-state index in [0.29, 0.717) is 12.1 Å². The van der Waals surface area contributed by atoms with Gasteiger partial charge in [0, 0.05) is 17.6 Å². The molecule has 0 aliphatic heterocycles. The molecule has 1 aliphatic carbocycles. The van der Waals surface area contributed by atoms with Gasteiger partial charge in [-0.2, -0.15) is 0 Å². The van der Waals surface area contributed by atoms with Gasteiger partial charge < -0.3 is 15.5 Å². The van der Waals surface area contributed by atoms with Crippen molar-refractivity contribution in [1.82, 2.24) is 5.32 Å². The number of hydrogen-bond acceptors (Lipinski definition) is 3. The van der Waals surface area contributed by atoms with Crippen molar-refractivity contribution < 1.29 is 14.6 Å². The van der Waals surface area contributed by atoms with E-state index in [0.717, 1.165) is 25.7 Å². The number of phenolic OH excluding ortho intramolecular Hbond substituents is 1. The first-order valence-electron chi connectivity index (χ1n) is 6.48. The molecule has 18 heavy (non-hydrogen) atoms. The molecular weight excluding hydrogens is 233 g/mol. The van der Waals surface area contributed by atoms with E-state index in [1.807, 2.05) is 0 Å². The van der Waals surface area contributed by atoms with E-state index in [-0.39, 0.29) is 23.7 Å². The van der Waals surface area contributed by atoms with Gasteiger partial charge in [-0.05, 0) is 31.0 Å². The van der Waals surface area contributed by atoms with E-state index in [1.165, 1.54) is 24.6 Å². The van der Waals surface area contributed by atoms with Crippen molar-refractivity contribution in [2.24, 2.45) is 0 Å². The summed E-state index contributed by atoms with van der Waals surface area (Å²) in [5.74, 6) is -0.265. The molecule has 0 radical (unpaired) electrons. The first-order chi connectivity index (χ1) is 8.65. The number of phenols is 1. The van der Waals surface area contributed by atoms with Crippen LogP contribution in [0.25, 0.3) is 0 Å². The number of benzene rings is 1. The minimum atomic E-state index is -0.355. The Balaban J connectivity index is 2.03. The molecule has 1 aromatic rings. The predicted molar refractivity (Wildman–Crippen MR) is 67.8 cm³/mol. The Hall–Kier alpha value is -1.13. The highest BCUT2D eigenvalue weighted by Crippen LogP contribution is 2.28. The summed E-state index contributed by atoms with van der Waals surface area (Å²) in [5, 5.41) is 22.5. The highest BCUT2D eigenvalue weighted by molar-refractivity contribution is 5.32. The van der Waals surface area contributed by atoms with Crippen LogP contribution in [-0.4, -0.2) is 22.4 Å². The second-order valence-electron chi connectivity index (χ2n) is 5.13. The van der Waals surface area contributed by atoms with E-state index < -0.39 is 0 Å². The molecular formula is C14H20FNO2. The Morgan fingerprint density at radius 3 is 2.61 bits per heavy atom. The number of halogens is 1. The minimum Gasteiger partial charge on any atom is -0.508 e. The van der Waals surface area contributed by atoms with Crippen LogP contribution in [0.4, 0.5) is 4.39 Å². The molecule has 0 atom stereocenters. The molecule has 3 N–H and O–H groups in total. The van der Waals surface area contributed by atoms with Crippen molar-refractivity contribution in [3.05, 3.63) is 29.6 Å². The van der Waals surface area contributed by atoms with Crippen molar-refractivity contribution in [3.63, 3.8) is 0 Å². The average Bonchev–Trinajstić information content (AvgIpc) is 2.41. The van der Waals surface area contributed by atoms with Crippen molar-refractivity contribution in [2.75, 3.05) is 6.61 Å². The van der Waals surface area contributed by atoms with Crippen LogP contribution in [0, 0.1) is 5.82 Å². The minimum absolute atomic E-state index is 0.0864. The van der Waals surface area contributed by atoms with Gasteiger partial charge in [0.15, 0.2) is 0 Å². The second-order valence-corrected chi connectivity index (χ2v) is 5.13. The summed E-state index contributed by atoms with van der Waals surface area (Å²) in [4.78, 5) is 0. The fraction of sp³-hybridized carbons (Fsp3) is 0.571. The topological polar surface area (TPSA) is 52.5 Å². The van der Waals surface area contributed by atoms with Crippen LogP contribution < -0.4 is 5.32 Å². The largest absolute Gasteiger partial charge is 0.508 e. The summed E-state index contributed by atoms with van der Waals surface area (Å²) in [5.41, 5.74) is 0.269. The van der Waals surface area contributed by atoms with Crippen molar-refractivity contribution in [1.29, 1.82) is 0 Å². The van der Waals surface area contributed by atoms with Gasteiger partial charge in [0.25, 0.3) is 0 Å². The van der Waals surface area contributed by atoms with Crippen LogP contribution >= 0.6 is 0 Å². The smallest absolute Gasteiger partial charge is 0.123 e. The lowest BCUT2D eigenvalue weighted by atomic mass is 9.82. The molecule has 0 saturated heterocycles. The Labute approximate surface area is 107 Å². The van der Waals surface area contributed by atoms with Gasteiger partial charge in [0.05, 0.1) is 6.61 Å². The Morgan fingerprint density at radius 2 is 1.94 bits per heavy atom. The molecule has 0 heterocycles. The molecule has 0 amide bonds. The molecule has 100 valence electrons. The fourth-order valence-corrected chi connectivity index (χ4v) is 2.60. The summed E-state index contributed by atoms with van der Waals surface area (Å²) in [6, 6.07) is 3.93. The highest BCUT2D eigenvalue weighted by atomic mass is 19.1. The lowest BCUT2D eigenvalue weighted by Gasteiger charge is -2.36. The maximum Gasteiger partial charge on any atom is 0.123 e. The zero-order chi connectivity index (χ0) is 13.0. The predicted octanol–water partition coefficient (Wildman–Crippen LogP) is 2.32. The highest BCUT2D eigenvalue weighted by Gasteiger charge is 2.30. The Kier molecular flexibility index (Phi) is 4.19. The van der Waals surface area contributed by atoms with Gasteiger partial charge in [0.2, 0.25) is 0 Å². The summed E-state index contributed by atoms with van der Waals surface area (Å²) in [6.45, 7) is 0.466. The first kappa shape index (κ1) is 13.3. The van der Waals surface area contributed by atoms with E-state index in [2.05, 4.69) is 5.32 Å². The van der Waals surface area contributed by atoms with Crippen molar-refractivity contribution in [3.8, 4) is 5.75 Å². The molecule has 1 saturated carbocycles. The van der Waals surface area contributed by atoms with Crippen LogP contribution in [0.5, 0.6) is 5.75 Å². The molecule has 1 aromatic carbocycles. The van der Waals surface area contributed by atoms with Gasteiger partial charge in [-0.25, -0.2) is 4.39 Å². The number of rotatable bonds is 4. The number of nitrogens with one attached hydrogen (secondary N) is 1. The third-order valence-corrected chi connectivity index (χ3v) is 3.81. The zero-order valence-electron chi connectivity index (χ0n) is 10.5. The van der Waals surface area contributed by atoms with Crippen LogP contribution in [0.15, 0.2) is 18.2 Å². The molecule has 1 aliphatic rings. The molecule has 0 spiro atoms. The molecule has 2 rings (SSSR count). The zero-order valence-corrected chi connectivity index (χ0v) is 10.5. The number of aliphatic hydroxyl groups is 1. The Bertz CT molecular complexity index is 403. The quantitative estimate of drug-likeness (QED) is 0.772. The normalized spacial score (nSPS) is 18.8. The van der Waals surface area contributed by atoms with Gasteiger partial charge in [-0.1, -0.05) is 19.3 Å². The van der Waals surface area contributed by atoms with Gasteiger partial charge in [-0.3, -0.25) is 0 Å². The molecule has 0 aromatic heterocycles. The summed E-state index contributed by atoms with van der Waals surface area (Å²) < 4.78 is 13.1. The molecule has 0 unspecified atom stereocenters. The Morgan fingerprint density at radius 1 is 1.22 bits per heavy atom. The third-order valence-electron chi connectivity index (χ3n) is 3.81. The van der Waals surface area contributed by atoms with Crippen LogP contribution in [0.2, 0.25) is 0 Å². The van der Waals surface area contributed by atoms with Gasteiger partial charge in [0.1, 0.15) is 11.6 Å². The first-order valence-corrected chi connectivity index (χ1v) is 6.48. The van der Waals surface area contributed by atoms with Crippen molar-refractivity contribution in [2.45, 2.75) is 44.2 Å². The number of aromatic hydroxyl groups is 1. The van der Waals surface area contributed by atoms with E-state index in [4.69, 9.17) is 0 Å². The van der Waals surface area contributed by atoms with E-state index >= 15 is 0 Å². The number of hydrogen-bond donors (Lipinski definition) is 3. The second kappa shape index (κ2) is 5.67. The van der Waals surface area contributed by atoms with Crippen LogP contribution in [0.1, 0.15) is 37.7 Å². The molecule has 0 bridgehead atoms. The lowest BCUT2D eigenvalue weighted by Crippen LogP contribution is -2.49. The van der Waals surface area contributed by atoms with Crippen LogP contribution in [-0.2, 0) is 6.54 Å². The number of aliphatic hydroxyl groups excluding tert-OH is 1. The monoisotopic (exact) mass is 253 g/mol. The van der Waals surface area contributed by atoms with Gasteiger partial charge in [-0.15, -0.1) is 0 Å². The SMILES string of the molecule is OCC1(NCc2cc(F)ccc2O)CCCCC1. The standard InChI is InChI=1S/C14H20FNO2/c15-12-4-5-13(18)11(8-12)9-16-14(10-17)6-2-1-3-7-14/h4-5,8,16-18H,1-3,6-7,9-10H2. The third kappa shape index (κ3) is 3.00. The average molecular weight is 253 g/mol. The van der Waals surface area contributed by atoms with E-state index in [1.54, 1.807) is 0 Å². The molecule has 3 nitrogen and oxygen atoms in total. The van der Waals surface area contributed by atoms with Crippen LogP contribution in [0.3, 0.4) is 0 Å². The summed E-state index contributed by atoms with van der Waals surface area (Å²) in [7, 11) is 0. The fourth-order valence-electron chi connectivity index (χ4n) is 2.60. The lowest BCUT2D eigenvalue weighted by molar-refractivity contribution is 0.119. The van der Waals surface area contributed by atoms with E-state index in [9.17, 15) is 14.6 Å². The molecule has 1 fully saturated rings. The summed E-state index contributed by atoms with van der Waals surface area (Å²) in [6.07, 6.45) is 5.26. The maximum absolute atomic E-state index is 13.1. The maximum atomic E-state index is 13.1. The summed E-state index contributed by atoms with van der Waals surface area (Å²) >= 11 is 0.